The number of carbonyl (C=O) groups is 1. The summed E-state index contributed by atoms with van der Waals surface area (Å²) in [6.45, 7) is 2.07. The van der Waals surface area contributed by atoms with E-state index in [1.54, 1.807) is 13.2 Å². The van der Waals surface area contributed by atoms with Crippen LogP contribution < -0.4 is 15.8 Å². The number of aromatic nitrogens is 2. The summed E-state index contributed by atoms with van der Waals surface area (Å²) in [7, 11) is 1.58. The molecule has 0 spiro atoms. The SMILES string of the molecule is COc1cc(NC2CCN(CC(N)=O)CC2)ncn1. The number of likely N-dealkylation sites (tertiary alicyclic amines) is 1. The third-order valence-corrected chi connectivity index (χ3v) is 3.17. The normalized spacial score (nSPS) is 17.1. The fraction of sp³-hybridized carbons (Fsp3) is 0.583. The van der Waals surface area contributed by atoms with E-state index in [1.807, 2.05) is 0 Å². The molecule has 0 radical (unpaired) electrons. The second kappa shape index (κ2) is 6.33. The molecule has 104 valence electrons. The van der Waals surface area contributed by atoms with E-state index in [-0.39, 0.29) is 5.91 Å². The first-order chi connectivity index (χ1) is 9.17. The first kappa shape index (κ1) is 13.5. The Morgan fingerprint density at radius 1 is 1.53 bits per heavy atom. The molecule has 0 unspecified atom stereocenters. The number of anilines is 1. The lowest BCUT2D eigenvalue weighted by Gasteiger charge is -2.31. The van der Waals surface area contributed by atoms with E-state index in [9.17, 15) is 4.79 Å². The van der Waals surface area contributed by atoms with Crippen LogP contribution in [0.1, 0.15) is 12.8 Å². The monoisotopic (exact) mass is 265 g/mol. The number of nitrogens with zero attached hydrogens (tertiary/aromatic N) is 3. The highest BCUT2D eigenvalue weighted by Gasteiger charge is 2.20. The zero-order valence-electron chi connectivity index (χ0n) is 11.0. The maximum absolute atomic E-state index is 10.8. The van der Waals surface area contributed by atoms with Crippen LogP contribution in [0.5, 0.6) is 5.88 Å². The molecule has 1 fully saturated rings. The molecule has 1 amide bonds. The Bertz CT molecular complexity index is 432. The van der Waals surface area contributed by atoms with Gasteiger partial charge in [0.25, 0.3) is 0 Å². The van der Waals surface area contributed by atoms with Gasteiger partial charge in [-0.2, -0.15) is 0 Å². The molecule has 1 aliphatic heterocycles. The number of methoxy groups -OCH3 is 1. The highest BCUT2D eigenvalue weighted by Crippen LogP contribution is 2.16. The Morgan fingerprint density at radius 3 is 2.89 bits per heavy atom. The van der Waals surface area contributed by atoms with Crippen LogP contribution >= 0.6 is 0 Å². The van der Waals surface area contributed by atoms with E-state index in [2.05, 4.69) is 20.2 Å². The van der Waals surface area contributed by atoms with Crippen molar-refractivity contribution < 1.29 is 9.53 Å². The number of nitrogens with two attached hydrogens (primary N) is 1. The zero-order chi connectivity index (χ0) is 13.7. The van der Waals surface area contributed by atoms with Crippen molar-refractivity contribution in [1.82, 2.24) is 14.9 Å². The molecule has 2 heterocycles. The van der Waals surface area contributed by atoms with Gasteiger partial charge in [-0.1, -0.05) is 0 Å². The van der Waals surface area contributed by atoms with E-state index < -0.39 is 0 Å². The van der Waals surface area contributed by atoms with Crippen molar-refractivity contribution >= 4 is 11.7 Å². The van der Waals surface area contributed by atoms with Crippen molar-refractivity contribution in [2.24, 2.45) is 5.73 Å². The van der Waals surface area contributed by atoms with Crippen molar-refractivity contribution in [2.45, 2.75) is 18.9 Å². The molecule has 1 saturated heterocycles. The lowest BCUT2D eigenvalue weighted by molar-refractivity contribution is -0.119. The van der Waals surface area contributed by atoms with Gasteiger partial charge in [0.2, 0.25) is 11.8 Å². The summed E-state index contributed by atoms with van der Waals surface area (Å²) in [4.78, 5) is 21.0. The largest absolute Gasteiger partial charge is 0.481 e. The van der Waals surface area contributed by atoms with Gasteiger partial charge in [0.05, 0.1) is 13.7 Å². The van der Waals surface area contributed by atoms with Crippen molar-refractivity contribution in [3.63, 3.8) is 0 Å². The van der Waals surface area contributed by atoms with Gasteiger partial charge in [0.1, 0.15) is 12.1 Å². The Labute approximate surface area is 112 Å². The van der Waals surface area contributed by atoms with Gasteiger partial charge < -0.3 is 15.8 Å². The molecule has 2 rings (SSSR count). The van der Waals surface area contributed by atoms with Gasteiger partial charge in [0.15, 0.2) is 0 Å². The predicted octanol–water partition coefficient (Wildman–Crippen LogP) is -0.153. The quantitative estimate of drug-likeness (QED) is 0.769. The molecule has 19 heavy (non-hydrogen) atoms. The molecule has 7 nitrogen and oxygen atoms in total. The minimum Gasteiger partial charge on any atom is -0.481 e. The summed E-state index contributed by atoms with van der Waals surface area (Å²) in [5.74, 6) is 1.04. The number of ether oxygens (including phenoxy) is 1. The summed E-state index contributed by atoms with van der Waals surface area (Å²) in [6.07, 6.45) is 3.39. The highest BCUT2D eigenvalue weighted by atomic mass is 16.5. The van der Waals surface area contributed by atoms with Gasteiger partial charge >= 0.3 is 0 Å². The smallest absolute Gasteiger partial charge is 0.231 e. The fourth-order valence-corrected chi connectivity index (χ4v) is 2.19. The Balaban J connectivity index is 1.83. The molecule has 1 aromatic rings. The number of amides is 1. The number of piperidine rings is 1. The van der Waals surface area contributed by atoms with Crippen LogP contribution in [0.2, 0.25) is 0 Å². The molecule has 0 atom stereocenters. The van der Waals surface area contributed by atoms with Crippen LogP contribution in [-0.2, 0) is 4.79 Å². The average Bonchev–Trinajstić information content (AvgIpc) is 2.41. The first-order valence-corrected chi connectivity index (χ1v) is 6.30. The molecule has 7 heteroatoms. The lowest BCUT2D eigenvalue weighted by atomic mass is 10.1. The maximum Gasteiger partial charge on any atom is 0.231 e. The average molecular weight is 265 g/mol. The third-order valence-electron chi connectivity index (χ3n) is 3.17. The van der Waals surface area contributed by atoms with Crippen LogP contribution in [0.15, 0.2) is 12.4 Å². The van der Waals surface area contributed by atoms with Gasteiger partial charge in [0, 0.05) is 25.2 Å². The van der Waals surface area contributed by atoms with Crippen molar-refractivity contribution in [3.05, 3.63) is 12.4 Å². The number of carbonyl (C=O) groups excluding carboxylic acids is 1. The fourth-order valence-electron chi connectivity index (χ4n) is 2.19. The van der Waals surface area contributed by atoms with Gasteiger partial charge in [-0.25, -0.2) is 9.97 Å². The highest BCUT2D eigenvalue weighted by molar-refractivity contribution is 5.75. The summed E-state index contributed by atoms with van der Waals surface area (Å²) in [5, 5.41) is 3.36. The number of nitrogens with one attached hydrogen (secondary N) is 1. The molecule has 3 N–H and O–H groups in total. The predicted molar refractivity (Wildman–Crippen MR) is 70.9 cm³/mol. The van der Waals surface area contributed by atoms with Crippen LogP contribution in [0.4, 0.5) is 5.82 Å². The number of hydrogen-bond donors (Lipinski definition) is 2. The van der Waals surface area contributed by atoms with Crippen LogP contribution in [-0.4, -0.2) is 53.6 Å². The molecule has 0 aromatic carbocycles. The number of primary amides is 1. The molecule has 1 aromatic heterocycles. The van der Waals surface area contributed by atoms with Crippen molar-refractivity contribution in [1.29, 1.82) is 0 Å². The summed E-state index contributed by atoms with van der Waals surface area (Å²) < 4.78 is 5.05. The molecule has 0 aliphatic carbocycles. The number of hydrogen-bond acceptors (Lipinski definition) is 6. The summed E-state index contributed by atoms with van der Waals surface area (Å²) in [5.41, 5.74) is 5.19. The second-order valence-electron chi connectivity index (χ2n) is 4.61. The Morgan fingerprint density at radius 2 is 2.26 bits per heavy atom. The molecule has 0 bridgehead atoms. The van der Waals surface area contributed by atoms with E-state index in [0.29, 0.717) is 18.5 Å². The van der Waals surface area contributed by atoms with Crippen molar-refractivity contribution in [3.8, 4) is 5.88 Å². The van der Waals surface area contributed by atoms with E-state index in [4.69, 9.17) is 10.5 Å². The van der Waals surface area contributed by atoms with Gasteiger partial charge in [-0.3, -0.25) is 9.69 Å². The standard InChI is InChI=1S/C12H19N5O2/c1-19-12-6-11(14-8-15-12)16-9-2-4-17(5-3-9)7-10(13)18/h6,8-9H,2-5,7H2,1H3,(H2,13,18)(H,14,15,16). The van der Waals surface area contributed by atoms with Crippen molar-refractivity contribution in [2.75, 3.05) is 32.1 Å². The summed E-state index contributed by atoms with van der Waals surface area (Å²) in [6, 6.07) is 2.12. The van der Waals surface area contributed by atoms with E-state index in [1.165, 1.54) is 6.33 Å². The second-order valence-corrected chi connectivity index (χ2v) is 4.61. The van der Waals surface area contributed by atoms with Gasteiger partial charge in [-0.05, 0) is 12.8 Å². The van der Waals surface area contributed by atoms with E-state index in [0.717, 1.165) is 31.7 Å². The molecular formula is C12H19N5O2. The van der Waals surface area contributed by atoms with Gasteiger partial charge in [-0.15, -0.1) is 0 Å². The minimum atomic E-state index is -0.271. The first-order valence-electron chi connectivity index (χ1n) is 6.30. The molecular weight excluding hydrogens is 246 g/mol. The third kappa shape index (κ3) is 4.06. The lowest BCUT2D eigenvalue weighted by Crippen LogP contribution is -2.43. The molecule has 1 aliphatic rings. The van der Waals surface area contributed by atoms with E-state index >= 15 is 0 Å². The maximum atomic E-state index is 10.8. The number of rotatable bonds is 5. The summed E-state index contributed by atoms with van der Waals surface area (Å²) >= 11 is 0. The topological polar surface area (TPSA) is 93.4 Å². The van der Waals surface area contributed by atoms with Crippen LogP contribution in [0.25, 0.3) is 0 Å². The Kier molecular flexibility index (Phi) is 4.51. The molecule has 0 saturated carbocycles. The zero-order valence-corrected chi connectivity index (χ0v) is 11.0. The Hall–Kier alpha value is -1.89. The minimum absolute atomic E-state index is 0.271. The van der Waals surface area contributed by atoms with Crippen LogP contribution in [0.3, 0.4) is 0 Å². The van der Waals surface area contributed by atoms with Crippen LogP contribution in [0, 0.1) is 0 Å².